The Morgan fingerprint density at radius 3 is 2.11 bits per heavy atom. The average molecular weight is 362 g/mol. The first-order chi connectivity index (χ1) is 13.8. The minimum Gasteiger partial charge on any atom is -0.496 e. The number of aryl methyl sites for hydroxylation is 1. The third-order valence-corrected chi connectivity index (χ3v) is 4.99. The van der Waals surface area contributed by atoms with Crippen LogP contribution in [0.2, 0.25) is 0 Å². The molecule has 1 unspecified atom stereocenters. The first kappa shape index (κ1) is 17.9. The SMILES string of the molecule is COc1ccc(C(C#Cc2ccccc2)c2ccc(C)cc2)c2ccccc12. The molecule has 0 fully saturated rings. The molecule has 0 bridgehead atoms. The van der Waals surface area contributed by atoms with Crippen molar-refractivity contribution in [1.29, 1.82) is 0 Å². The molecule has 4 aromatic rings. The zero-order valence-electron chi connectivity index (χ0n) is 16.1. The van der Waals surface area contributed by atoms with E-state index in [1.165, 1.54) is 22.1 Å². The molecule has 136 valence electrons. The van der Waals surface area contributed by atoms with Crippen LogP contribution in [-0.4, -0.2) is 7.11 Å². The van der Waals surface area contributed by atoms with Crippen molar-refractivity contribution in [3.63, 3.8) is 0 Å². The highest BCUT2D eigenvalue weighted by Crippen LogP contribution is 2.35. The topological polar surface area (TPSA) is 9.23 Å². The van der Waals surface area contributed by atoms with Gasteiger partial charge in [0.25, 0.3) is 0 Å². The summed E-state index contributed by atoms with van der Waals surface area (Å²) in [6.07, 6.45) is 0. The molecule has 0 saturated carbocycles. The molecule has 0 heterocycles. The molecule has 0 aliphatic rings. The monoisotopic (exact) mass is 362 g/mol. The van der Waals surface area contributed by atoms with E-state index in [1.807, 2.05) is 42.5 Å². The number of rotatable bonds is 3. The van der Waals surface area contributed by atoms with Gasteiger partial charge in [-0.2, -0.15) is 0 Å². The van der Waals surface area contributed by atoms with Crippen LogP contribution >= 0.6 is 0 Å². The maximum Gasteiger partial charge on any atom is 0.126 e. The van der Waals surface area contributed by atoms with E-state index in [-0.39, 0.29) is 5.92 Å². The first-order valence-corrected chi connectivity index (χ1v) is 9.45. The minimum absolute atomic E-state index is 0.0170. The molecule has 4 aromatic carbocycles. The van der Waals surface area contributed by atoms with Crippen LogP contribution in [0.1, 0.15) is 28.2 Å². The fourth-order valence-corrected chi connectivity index (χ4v) is 3.50. The van der Waals surface area contributed by atoms with Crippen molar-refractivity contribution >= 4 is 10.8 Å². The lowest BCUT2D eigenvalue weighted by molar-refractivity contribution is 0.419. The highest BCUT2D eigenvalue weighted by atomic mass is 16.5. The summed E-state index contributed by atoms with van der Waals surface area (Å²) in [5.41, 5.74) is 4.67. The lowest BCUT2D eigenvalue weighted by Gasteiger charge is -2.17. The minimum atomic E-state index is -0.0170. The molecular weight excluding hydrogens is 340 g/mol. The molecule has 0 N–H and O–H groups in total. The van der Waals surface area contributed by atoms with Crippen molar-refractivity contribution in [2.75, 3.05) is 7.11 Å². The normalized spacial score (nSPS) is 11.5. The van der Waals surface area contributed by atoms with E-state index < -0.39 is 0 Å². The Morgan fingerprint density at radius 2 is 1.39 bits per heavy atom. The van der Waals surface area contributed by atoms with Crippen LogP contribution in [-0.2, 0) is 0 Å². The average Bonchev–Trinajstić information content (AvgIpc) is 2.75. The van der Waals surface area contributed by atoms with Crippen molar-refractivity contribution in [1.82, 2.24) is 0 Å². The lowest BCUT2D eigenvalue weighted by Crippen LogP contribution is -2.01. The van der Waals surface area contributed by atoms with Gasteiger partial charge in [-0.1, -0.05) is 90.2 Å². The Labute approximate surface area is 166 Å². The largest absolute Gasteiger partial charge is 0.496 e. The number of hydrogen-bond acceptors (Lipinski definition) is 1. The summed E-state index contributed by atoms with van der Waals surface area (Å²) in [7, 11) is 1.72. The third-order valence-electron chi connectivity index (χ3n) is 4.99. The Kier molecular flexibility index (Phi) is 5.13. The van der Waals surface area contributed by atoms with Crippen molar-refractivity contribution < 1.29 is 4.74 Å². The molecule has 0 amide bonds. The van der Waals surface area contributed by atoms with E-state index in [9.17, 15) is 0 Å². The molecule has 0 spiro atoms. The van der Waals surface area contributed by atoms with Gasteiger partial charge in [0.15, 0.2) is 0 Å². The molecule has 0 aliphatic heterocycles. The van der Waals surface area contributed by atoms with Crippen LogP contribution in [0.4, 0.5) is 0 Å². The maximum absolute atomic E-state index is 5.58. The Morgan fingerprint density at radius 1 is 0.714 bits per heavy atom. The molecule has 0 radical (unpaired) electrons. The molecule has 1 atom stereocenters. The van der Waals surface area contributed by atoms with Gasteiger partial charge in [-0.25, -0.2) is 0 Å². The Balaban J connectivity index is 1.90. The number of methoxy groups -OCH3 is 1. The van der Waals surface area contributed by atoms with Gasteiger partial charge >= 0.3 is 0 Å². The fourth-order valence-electron chi connectivity index (χ4n) is 3.50. The molecule has 28 heavy (non-hydrogen) atoms. The standard InChI is InChI=1S/C27H22O/c1-20-12-15-22(16-13-20)23(17-14-21-8-4-3-5-9-21)25-18-19-27(28-2)26-11-7-6-10-24(25)26/h3-13,15-16,18-19,23H,1-2H3. The zero-order valence-corrected chi connectivity index (χ0v) is 16.1. The highest BCUT2D eigenvalue weighted by Gasteiger charge is 2.16. The molecule has 0 aromatic heterocycles. The van der Waals surface area contributed by atoms with Crippen LogP contribution in [0.15, 0.2) is 91.0 Å². The van der Waals surface area contributed by atoms with E-state index in [4.69, 9.17) is 4.74 Å². The molecule has 1 nitrogen and oxygen atoms in total. The predicted octanol–water partition coefficient (Wildman–Crippen LogP) is 6.34. The summed E-state index contributed by atoms with van der Waals surface area (Å²) in [4.78, 5) is 0. The van der Waals surface area contributed by atoms with Crippen LogP contribution in [0.3, 0.4) is 0 Å². The van der Waals surface area contributed by atoms with Gasteiger partial charge in [-0.15, -0.1) is 0 Å². The Bertz CT molecular complexity index is 1150. The van der Waals surface area contributed by atoms with E-state index in [0.29, 0.717) is 0 Å². The van der Waals surface area contributed by atoms with Crippen LogP contribution < -0.4 is 4.74 Å². The van der Waals surface area contributed by atoms with Crippen molar-refractivity contribution in [3.8, 4) is 17.6 Å². The summed E-state index contributed by atoms with van der Waals surface area (Å²) in [5, 5.41) is 2.29. The summed E-state index contributed by atoms with van der Waals surface area (Å²) < 4.78 is 5.58. The molecule has 0 saturated heterocycles. The lowest BCUT2D eigenvalue weighted by atomic mass is 9.87. The van der Waals surface area contributed by atoms with Crippen molar-refractivity contribution in [2.24, 2.45) is 0 Å². The van der Waals surface area contributed by atoms with Crippen LogP contribution in [0, 0.1) is 18.8 Å². The second kappa shape index (κ2) is 8.03. The van der Waals surface area contributed by atoms with Gasteiger partial charge in [0.1, 0.15) is 5.75 Å². The van der Waals surface area contributed by atoms with Gasteiger partial charge in [0.2, 0.25) is 0 Å². The van der Waals surface area contributed by atoms with Crippen LogP contribution in [0.25, 0.3) is 10.8 Å². The smallest absolute Gasteiger partial charge is 0.126 e. The number of ether oxygens (including phenoxy) is 1. The first-order valence-electron chi connectivity index (χ1n) is 9.45. The van der Waals surface area contributed by atoms with Crippen molar-refractivity contribution in [3.05, 3.63) is 113 Å². The molecule has 1 heteroatoms. The van der Waals surface area contributed by atoms with E-state index >= 15 is 0 Å². The second-order valence-electron chi connectivity index (χ2n) is 6.88. The van der Waals surface area contributed by atoms with E-state index in [2.05, 4.69) is 67.3 Å². The summed E-state index contributed by atoms with van der Waals surface area (Å²) >= 11 is 0. The van der Waals surface area contributed by atoms with Crippen molar-refractivity contribution in [2.45, 2.75) is 12.8 Å². The van der Waals surface area contributed by atoms with Gasteiger partial charge in [-0.05, 0) is 41.6 Å². The number of hydrogen-bond donors (Lipinski definition) is 0. The predicted molar refractivity (Wildman–Crippen MR) is 117 cm³/mol. The quantitative estimate of drug-likeness (QED) is 0.386. The van der Waals surface area contributed by atoms with E-state index in [1.54, 1.807) is 7.11 Å². The fraction of sp³-hybridized carbons (Fsp3) is 0.111. The van der Waals surface area contributed by atoms with E-state index in [0.717, 1.165) is 16.7 Å². The molecule has 4 rings (SSSR count). The Hall–Kier alpha value is -3.50. The third kappa shape index (κ3) is 3.63. The summed E-state index contributed by atoms with van der Waals surface area (Å²) in [5.74, 6) is 7.77. The summed E-state index contributed by atoms with van der Waals surface area (Å²) in [6, 6.07) is 31.4. The van der Waals surface area contributed by atoms with Gasteiger partial charge in [-0.3, -0.25) is 0 Å². The van der Waals surface area contributed by atoms with Crippen LogP contribution in [0.5, 0.6) is 5.75 Å². The number of benzene rings is 4. The number of fused-ring (bicyclic) bond motifs is 1. The molecular formula is C27H22O. The highest BCUT2D eigenvalue weighted by molar-refractivity contribution is 5.92. The van der Waals surface area contributed by atoms with Gasteiger partial charge in [0, 0.05) is 10.9 Å². The summed E-state index contributed by atoms with van der Waals surface area (Å²) in [6.45, 7) is 2.11. The zero-order chi connectivity index (χ0) is 19.3. The molecule has 0 aliphatic carbocycles. The second-order valence-corrected chi connectivity index (χ2v) is 6.88. The maximum atomic E-state index is 5.58. The van der Waals surface area contributed by atoms with Gasteiger partial charge in [0.05, 0.1) is 13.0 Å². The van der Waals surface area contributed by atoms with Gasteiger partial charge < -0.3 is 4.74 Å².